The Morgan fingerprint density at radius 3 is 2.44 bits per heavy atom. The zero-order valence-corrected chi connectivity index (χ0v) is 17.8. The standard InChI is InChI=1S/C25H23N3O4/c1-25(2)12-17-20(18(29)13-25)19(15-10-6-7-11-16(15)24(31)32)21-22(26-17)27-28(23(21)30)14-8-4-3-5-9-14/h3-11,19,26-27H,12-13H2,1-2H3,(H,31,32). The van der Waals surface area contributed by atoms with Gasteiger partial charge in [-0.05, 0) is 35.6 Å². The third-order valence-electron chi connectivity index (χ3n) is 6.22. The van der Waals surface area contributed by atoms with Gasteiger partial charge < -0.3 is 10.4 Å². The lowest BCUT2D eigenvalue weighted by molar-refractivity contribution is -0.118. The molecule has 7 nitrogen and oxygen atoms in total. The van der Waals surface area contributed by atoms with Crippen LogP contribution < -0.4 is 10.9 Å². The van der Waals surface area contributed by atoms with Gasteiger partial charge in [0.1, 0.15) is 5.82 Å². The number of aromatic carboxylic acids is 1. The minimum Gasteiger partial charge on any atom is -0.478 e. The van der Waals surface area contributed by atoms with E-state index in [0.717, 1.165) is 5.70 Å². The lowest BCUT2D eigenvalue weighted by atomic mass is 9.69. The molecule has 2 aliphatic rings. The van der Waals surface area contributed by atoms with Crippen molar-refractivity contribution < 1.29 is 14.7 Å². The normalized spacial score (nSPS) is 19.2. The SMILES string of the molecule is CC1(C)CC(=O)C2=C(C1)Nc1[nH]n(-c3ccccc3)c(=O)c1C2c1ccccc1C(=O)O. The van der Waals surface area contributed by atoms with Crippen LogP contribution >= 0.6 is 0 Å². The molecule has 0 spiro atoms. The largest absolute Gasteiger partial charge is 0.478 e. The Morgan fingerprint density at radius 1 is 1.03 bits per heavy atom. The number of carbonyl (C=O) groups excluding carboxylic acids is 1. The first-order valence-corrected chi connectivity index (χ1v) is 10.5. The quantitative estimate of drug-likeness (QED) is 0.582. The Morgan fingerprint density at radius 2 is 1.72 bits per heavy atom. The molecule has 1 atom stereocenters. The number of allylic oxidation sites excluding steroid dienone is 2. The van der Waals surface area contributed by atoms with E-state index in [1.807, 2.05) is 44.2 Å². The van der Waals surface area contributed by atoms with Crippen LogP contribution in [0.15, 0.2) is 70.7 Å². The summed E-state index contributed by atoms with van der Waals surface area (Å²) in [6.07, 6.45) is 0.962. The predicted octanol–water partition coefficient (Wildman–Crippen LogP) is 4.06. The summed E-state index contributed by atoms with van der Waals surface area (Å²) in [4.78, 5) is 39.0. The van der Waals surface area contributed by atoms with E-state index in [9.17, 15) is 19.5 Å². The Kier molecular flexibility index (Phi) is 4.44. The van der Waals surface area contributed by atoms with E-state index >= 15 is 0 Å². The average molecular weight is 429 g/mol. The molecule has 1 aromatic heterocycles. The Labute approximate surface area is 184 Å². The molecule has 3 aromatic rings. The number of carboxylic acid groups (broad SMARTS) is 1. The summed E-state index contributed by atoms with van der Waals surface area (Å²) in [6, 6.07) is 15.8. The van der Waals surface area contributed by atoms with Crippen LogP contribution in [0.1, 0.15) is 54.1 Å². The minimum absolute atomic E-state index is 0.0635. The highest BCUT2D eigenvalue weighted by atomic mass is 16.4. The number of anilines is 1. The molecule has 2 aromatic carbocycles. The highest BCUT2D eigenvalue weighted by molar-refractivity contribution is 6.02. The van der Waals surface area contributed by atoms with Gasteiger partial charge in [-0.25, -0.2) is 9.48 Å². The number of benzene rings is 2. The maximum atomic E-state index is 13.6. The number of rotatable bonds is 3. The van der Waals surface area contributed by atoms with Gasteiger partial charge in [-0.15, -0.1) is 0 Å². The molecule has 7 heteroatoms. The summed E-state index contributed by atoms with van der Waals surface area (Å²) in [5.74, 6) is -1.42. The molecule has 2 heterocycles. The summed E-state index contributed by atoms with van der Waals surface area (Å²) < 4.78 is 1.43. The fourth-order valence-corrected chi connectivity index (χ4v) is 4.90. The van der Waals surface area contributed by atoms with Crippen molar-refractivity contribution in [2.45, 2.75) is 32.6 Å². The highest BCUT2D eigenvalue weighted by Gasteiger charge is 2.43. The number of nitrogens with zero attached hydrogens (tertiary/aromatic N) is 1. The number of carboxylic acids is 1. The lowest BCUT2D eigenvalue weighted by Gasteiger charge is -2.38. The van der Waals surface area contributed by atoms with E-state index in [1.54, 1.807) is 18.2 Å². The third kappa shape index (κ3) is 3.09. The Balaban J connectivity index is 1.80. The smallest absolute Gasteiger partial charge is 0.335 e. The average Bonchev–Trinajstić information content (AvgIpc) is 3.08. The van der Waals surface area contributed by atoms with Crippen LogP contribution in [0, 0.1) is 5.41 Å². The number of nitrogens with one attached hydrogen (secondary N) is 2. The fraction of sp³-hybridized carbons (Fsp3) is 0.240. The van der Waals surface area contributed by atoms with Crippen LogP contribution in [0.25, 0.3) is 5.69 Å². The number of Topliss-reactive ketones (excluding diaryl/α,β-unsaturated/α-hetero) is 1. The number of para-hydroxylation sites is 1. The van der Waals surface area contributed by atoms with Gasteiger partial charge in [-0.1, -0.05) is 50.2 Å². The van der Waals surface area contributed by atoms with Crippen LogP contribution in [0.3, 0.4) is 0 Å². The summed E-state index contributed by atoms with van der Waals surface area (Å²) in [5, 5.41) is 16.3. The maximum absolute atomic E-state index is 13.6. The number of carbonyl (C=O) groups is 2. The zero-order chi connectivity index (χ0) is 22.6. The molecule has 32 heavy (non-hydrogen) atoms. The molecule has 0 amide bonds. The number of aromatic nitrogens is 2. The molecule has 0 fully saturated rings. The molecule has 1 aliphatic carbocycles. The van der Waals surface area contributed by atoms with Crippen molar-refractivity contribution in [3.63, 3.8) is 0 Å². The third-order valence-corrected chi connectivity index (χ3v) is 6.22. The molecule has 5 rings (SSSR count). The predicted molar refractivity (Wildman–Crippen MR) is 120 cm³/mol. The molecule has 0 saturated carbocycles. The van der Waals surface area contributed by atoms with E-state index in [1.165, 1.54) is 10.7 Å². The van der Waals surface area contributed by atoms with Gasteiger partial charge in [0.05, 0.1) is 16.8 Å². The van der Waals surface area contributed by atoms with Crippen LogP contribution in [0.2, 0.25) is 0 Å². The van der Waals surface area contributed by atoms with Crippen molar-refractivity contribution in [3.8, 4) is 5.69 Å². The van der Waals surface area contributed by atoms with Gasteiger partial charge in [0.15, 0.2) is 5.78 Å². The van der Waals surface area contributed by atoms with Crippen LogP contribution in [0.4, 0.5) is 5.82 Å². The number of H-pyrrole nitrogens is 1. The first-order chi connectivity index (χ1) is 15.3. The molecule has 0 saturated heterocycles. The van der Waals surface area contributed by atoms with Crippen LogP contribution in [0.5, 0.6) is 0 Å². The summed E-state index contributed by atoms with van der Waals surface area (Å²) in [6.45, 7) is 4.06. The van der Waals surface area contributed by atoms with Gasteiger partial charge >= 0.3 is 5.97 Å². The molecule has 1 unspecified atom stereocenters. The second kappa shape index (κ2) is 7.09. The van der Waals surface area contributed by atoms with Crippen LogP contribution in [-0.2, 0) is 4.79 Å². The molecule has 0 bridgehead atoms. The Hall–Kier alpha value is -3.87. The number of hydrogen-bond donors (Lipinski definition) is 3. The fourth-order valence-electron chi connectivity index (χ4n) is 4.90. The minimum atomic E-state index is -1.09. The molecular weight excluding hydrogens is 406 g/mol. The number of ketones is 1. The maximum Gasteiger partial charge on any atom is 0.335 e. The number of hydrogen-bond acceptors (Lipinski definition) is 4. The van der Waals surface area contributed by atoms with E-state index in [4.69, 9.17) is 0 Å². The number of aromatic amines is 1. The lowest BCUT2D eigenvalue weighted by Crippen LogP contribution is -2.35. The zero-order valence-electron chi connectivity index (χ0n) is 17.8. The topological polar surface area (TPSA) is 104 Å². The van der Waals surface area contributed by atoms with Crippen molar-refractivity contribution in [1.29, 1.82) is 0 Å². The molecule has 162 valence electrons. The summed E-state index contributed by atoms with van der Waals surface area (Å²) >= 11 is 0. The van der Waals surface area contributed by atoms with Crippen LogP contribution in [-0.4, -0.2) is 26.6 Å². The highest BCUT2D eigenvalue weighted by Crippen LogP contribution is 2.48. The molecule has 0 radical (unpaired) electrons. The van der Waals surface area contributed by atoms with E-state index in [2.05, 4.69) is 10.4 Å². The van der Waals surface area contributed by atoms with Crippen molar-refractivity contribution in [2.24, 2.45) is 5.41 Å². The van der Waals surface area contributed by atoms with E-state index < -0.39 is 11.9 Å². The molecular formula is C25H23N3O4. The molecule has 3 N–H and O–H groups in total. The molecule has 1 aliphatic heterocycles. The second-order valence-corrected chi connectivity index (χ2v) is 9.16. The van der Waals surface area contributed by atoms with Crippen molar-refractivity contribution >= 4 is 17.6 Å². The first kappa shape index (κ1) is 20.1. The summed E-state index contributed by atoms with van der Waals surface area (Å²) in [7, 11) is 0. The van der Waals surface area contributed by atoms with E-state index in [-0.39, 0.29) is 22.3 Å². The van der Waals surface area contributed by atoms with Gasteiger partial charge in [0, 0.05) is 23.6 Å². The monoisotopic (exact) mass is 429 g/mol. The summed E-state index contributed by atoms with van der Waals surface area (Å²) in [5.41, 5.74) is 2.22. The van der Waals surface area contributed by atoms with E-state index in [0.29, 0.717) is 41.0 Å². The first-order valence-electron chi connectivity index (χ1n) is 10.5. The van der Waals surface area contributed by atoms with Crippen molar-refractivity contribution in [1.82, 2.24) is 9.78 Å². The van der Waals surface area contributed by atoms with Crippen molar-refractivity contribution in [2.75, 3.05) is 5.32 Å². The van der Waals surface area contributed by atoms with Gasteiger partial charge in [0.2, 0.25) is 0 Å². The van der Waals surface area contributed by atoms with Gasteiger partial charge in [-0.3, -0.25) is 14.7 Å². The van der Waals surface area contributed by atoms with Crippen molar-refractivity contribution in [3.05, 3.63) is 92.9 Å². The van der Waals surface area contributed by atoms with Gasteiger partial charge in [0.25, 0.3) is 5.56 Å². The number of fused-ring (bicyclic) bond motifs is 1. The van der Waals surface area contributed by atoms with Gasteiger partial charge in [-0.2, -0.15) is 0 Å². The second-order valence-electron chi connectivity index (χ2n) is 9.16. The Bertz CT molecular complexity index is 1350.